The Labute approximate surface area is 213 Å². The Kier molecular flexibility index (Phi) is 7.92. The minimum atomic E-state index is -0.0765. The number of hydrogen-bond donors (Lipinski definition) is 1. The fraction of sp³-hybridized carbons (Fsp3) is 0.414. The van der Waals surface area contributed by atoms with Gasteiger partial charge in [-0.25, -0.2) is 4.31 Å². The van der Waals surface area contributed by atoms with Crippen molar-refractivity contribution in [2.75, 3.05) is 21.2 Å². The van der Waals surface area contributed by atoms with E-state index in [1.54, 1.807) is 7.11 Å². The summed E-state index contributed by atoms with van der Waals surface area (Å²) < 4.78 is 12.8. The number of nitrogens with zero attached hydrogens (tertiary/aromatic N) is 2. The van der Waals surface area contributed by atoms with Gasteiger partial charge in [-0.1, -0.05) is 44.4 Å². The highest BCUT2D eigenvalue weighted by molar-refractivity contribution is 7.95. The Bertz CT molecular complexity index is 1250. The maximum atomic E-state index is 12.9. The van der Waals surface area contributed by atoms with Gasteiger partial charge in [-0.15, -0.1) is 0 Å². The van der Waals surface area contributed by atoms with E-state index in [1.165, 1.54) is 45.5 Å². The minimum Gasteiger partial charge on any atom is -0.497 e. The molecule has 0 saturated heterocycles. The third-order valence-corrected chi connectivity index (χ3v) is 7.33. The molecule has 0 radical (unpaired) electrons. The zero-order valence-corrected chi connectivity index (χ0v) is 22.6. The Morgan fingerprint density at radius 3 is 2.54 bits per heavy atom. The molecule has 0 bridgehead atoms. The van der Waals surface area contributed by atoms with E-state index >= 15 is 0 Å². The molecule has 0 fully saturated rings. The van der Waals surface area contributed by atoms with Crippen molar-refractivity contribution in [1.29, 1.82) is 0 Å². The van der Waals surface area contributed by atoms with Gasteiger partial charge < -0.3 is 9.30 Å². The molecule has 0 saturated carbocycles. The topological polar surface area (TPSA) is 46.5 Å². The summed E-state index contributed by atoms with van der Waals surface area (Å²) in [6, 6.07) is 12.6. The van der Waals surface area contributed by atoms with Crippen molar-refractivity contribution in [3.05, 3.63) is 58.7 Å². The fourth-order valence-corrected chi connectivity index (χ4v) is 5.65. The number of methoxy groups -OCH3 is 1. The van der Waals surface area contributed by atoms with Crippen molar-refractivity contribution < 1.29 is 9.53 Å². The number of fused-ring (bicyclic) bond motifs is 5. The predicted molar refractivity (Wildman–Crippen MR) is 149 cm³/mol. The number of hydrogen-bond acceptors (Lipinski definition) is 4. The third-order valence-electron chi connectivity index (χ3n) is 6.69. The fourth-order valence-electron chi connectivity index (χ4n) is 5.27. The zero-order chi connectivity index (χ0) is 25.1. The van der Waals surface area contributed by atoms with Gasteiger partial charge in [0.25, 0.3) is 5.91 Å². The lowest BCUT2D eigenvalue weighted by Crippen LogP contribution is -2.20. The highest BCUT2D eigenvalue weighted by Gasteiger charge is 2.27. The summed E-state index contributed by atoms with van der Waals surface area (Å²) in [7, 11) is 5.55. The number of benzene rings is 2. The first-order valence-electron chi connectivity index (χ1n) is 12.5. The first-order chi connectivity index (χ1) is 16.9. The minimum absolute atomic E-state index is 0.0765. The largest absolute Gasteiger partial charge is 0.497 e. The van der Waals surface area contributed by atoms with Gasteiger partial charge in [-0.3, -0.25) is 9.52 Å². The van der Waals surface area contributed by atoms with Crippen molar-refractivity contribution in [2.45, 2.75) is 58.9 Å². The van der Waals surface area contributed by atoms with Crippen LogP contribution in [0.4, 0.5) is 0 Å². The molecule has 1 aliphatic heterocycles. The van der Waals surface area contributed by atoms with Gasteiger partial charge in [0.2, 0.25) is 0 Å². The Morgan fingerprint density at radius 2 is 1.89 bits per heavy atom. The first-order valence-corrected chi connectivity index (χ1v) is 13.3. The van der Waals surface area contributed by atoms with Crippen molar-refractivity contribution in [1.82, 2.24) is 13.6 Å². The molecular formula is C29H37N3O2S. The maximum absolute atomic E-state index is 12.9. The molecule has 186 valence electrons. The highest BCUT2D eigenvalue weighted by Crippen LogP contribution is 2.45. The standard InChI is InChI=1S/C29H37N3O2S/c1-7-9-20(10-8-2)27-25-13-11-21(29(33)30-35-31(4)5)17-26(25)32-18-19(3)15-22-16-23(34-6)12-14-24(22)28(27)32/h11-17,20H,7-10,18H2,1-6H3,(H,30,33). The number of rotatable bonds is 9. The number of carbonyl (C=O) groups excluding carboxylic acids is 1. The molecule has 4 rings (SSSR count). The van der Waals surface area contributed by atoms with Crippen LogP contribution in [0, 0.1) is 0 Å². The number of ether oxygens (including phenoxy) is 1. The highest BCUT2D eigenvalue weighted by atomic mass is 32.2. The molecule has 2 heterocycles. The molecule has 6 heteroatoms. The normalized spacial score (nSPS) is 13.0. The summed E-state index contributed by atoms with van der Waals surface area (Å²) in [5.74, 6) is 1.27. The second kappa shape index (κ2) is 10.9. The number of aromatic nitrogens is 1. The molecule has 1 N–H and O–H groups in total. The summed E-state index contributed by atoms with van der Waals surface area (Å²) in [6.07, 6.45) is 6.87. The van der Waals surface area contributed by atoms with Gasteiger partial charge in [0.15, 0.2) is 0 Å². The van der Waals surface area contributed by atoms with Gasteiger partial charge in [0, 0.05) is 40.7 Å². The lowest BCUT2D eigenvalue weighted by molar-refractivity contribution is 0.0983. The molecule has 1 aromatic heterocycles. The van der Waals surface area contributed by atoms with E-state index < -0.39 is 0 Å². The second-order valence-electron chi connectivity index (χ2n) is 9.63. The lowest BCUT2D eigenvalue weighted by atomic mass is 9.86. The van der Waals surface area contributed by atoms with Crippen LogP contribution in [0.3, 0.4) is 0 Å². The van der Waals surface area contributed by atoms with E-state index in [-0.39, 0.29) is 5.91 Å². The van der Waals surface area contributed by atoms with Crippen LogP contribution in [0.15, 0.2) is 42.0 Å². The van der Waals surface area contributed by atoms with Gasteiger partial charge in [0.1, 0.15) is 5.75 Å². The van der Waals surface area contributed by atoms with Crippen LogP contribution in [-0.2, 0) is 6.54 Å². The van der Waals surface area contributed by atoms with Crippen molar-refractivity contribution in [3.63, 3.8) is 0 Å². The summed E-state index contributed by atoms with van der Waals surface area (Å²) in [6.45, 7) is 7.53. The van der Waals surface area contributed by atoms with E-state index in [0.29, 0.717) is 11.5 Å². The Morgan fingerprint density at radius 1 is 1.14 bits per heavy atom. The monoisotopic (exact) mass is 491 g/mol. The first kappa shape index (κ1) is 25.4. The molecule has 5 nitrogen and oxygen atoms in total. The average molecular weight is 492 g/mol. The van der Waals surface area contributed by atoms with E-state index in [4.69, 9.17) is 4.74 Å². The van der Waals surface area contributed by atoms with E-state index in [1.807, 2.05) is 24.5 Å². The van der Waals surface area contributed by atoms with Crippen molar-refractivity contribution in [2.24, 2.45) is 0 Å². The Hall–Kier alpha value is -2.70. The molecule has 0 spiro atoms. The summed E-state index contributed by atoms with van der Waals surface area (Å²) >= 11 is 1.30. The lowest BCUT2D eigenvalue weighted by Gasteiger charge is -2.19. The van der Waals surface area contributed by atoms with Crippen molar-refractivity contribution >= 4 is 35.0 Å². The molecule has 35 heavy (non-hydrogen) atoms. The number of allylic oxidation sites excluding steroid dienone is 1. The molecule has 0 aliphatic carbocycles. The average Bonchev–Trinajstić information content (AvgIpc) is 3.06. The summed E-state index contributed by atoms with van der Waals surface area (Å²) in [5.41, 5.74) is 8.23. The molecule has 1 aliphatic rings. The van der Waals surface area contributed by atoms with Gasteiger partial charge in [0.05, 0.1) is 12.8 Å². The van der Waals surface area contributed by atoms with Crippen LogP contribution in [0.5, 0.6) is 5.75 Å². The number of carbonyl (C=O) groups is 1. The third kappa shape index (κ3) is 5.14. The van der Waals surface area contributed by atoms with Crippen LogP contribution in [0.2, 0.25) is 0 Å². The van der Waals surface area contributed by atoms with Crippen LogP contribution in [-0.4, -0.2) is 36.0 Å². The van der Waals surface area contributed by atoms with Gasteiger partial charge in [-0.05, 0) is 81.2 Å². The maximum Gasteiger partial charge on any atom is 0.262 e. The van der Waals surface area contributed by atoms with Crippen LogP contribution < -0.4 is 9.46 Å². The Balaban J connectivity index is 1.98. The predicted octanol–water partition coefficient (Wildman–Crippen LogP) is 7.27. The molecular weight excluding hydrogens is 454 g/mol. The van der Waals surface area contributed by atoms with Crippen LogP contribution in [0.1, 0.15) is 73.9 Å². The smallest absolute Gasteiger partial charge is 0.262 e. The number of amides is 1. The van der Waals surface area contributed by atoms with E-state index in [0.717, 1.165) is 43.5 Å². The molecule has 2 aromatic carbocycles. The SMILES string of the molecule is CCCC(CCC)c1c2n(c3cc(C(=O)NSN(C)C)ccc13)CC(C)=Cc1cc(OC)ccc1-2. The van der Waals surface area contributed by atoms with Gasteiger partial charge in [-0.2, -0.15) is 0 Å². The summed E-state index contributed by atoms with van der Waals surface area (Å²) in [4.78, 5) is 12.9. The number of nitrogens with one attached hydrogen (secondary N) is 1. The summed E-state index contributed by atoms with van der Waals surface area (Å²) in [5, 5.41) is 1.26. The van der Waals surface area contributed by atoms with Crippen molar-refractivity contribution in [3.8, 4) is 17.0 Å². The molecule has 0 atom stereocenters. The van der Waals surface area contributed by atoms with E-state index in [9.17, 15) is 4.79 Å². The molecule has 1 amide bonds. The molecule has 0 unspecified atom stereocenters. The quantitative estimate of drug-likeness (QED) is 0.320. The van der Waals surface area contributed by atoms with Crippen LogP contribution in [0.25, 0.3) is 28.2 Å². The zero-order valence-electron chi connectivity index (χ0n) is 21.8. The second-order valence-corrected chi connectivity index (χ2v) is 10.8. The molecule has 3 aromatic rings. The van der Waals surface area contributed by atoms with E-state index in [2.05, 4.69) is 66.5 Å². The van der Waals surface area contributed by atoms with Crippen LogP contribution >= 0.6 is 12.1 Å². The van der Waals surface area contributed by atoms with Gasteiger partial charge >= 0.3 is 0 Å².